The summed E-state index contributed by atoms with van der Waals surface area (Å²) in [6, 6.07) is 19.9. The van der Waals surface area contributed by atoms with E-state index >= 15 is 0 Å². The minimum absolute atomic E-state index is 0.325. The van der Waals surface area contributed by atoms with E-state index in [1.54, 1.807) is 17.4 Å². The Morgan fingerprint density at radius 1 is 1.02 bits per heavy atom. The Labute approximate surface area is 249 Å². The lowest BCUT2D eigenvalue weighted by atomic mass is 9.81. The first-order valence-corrected chi connectivity index (χ1v) is 15.6. The molecule has 2 N–H and O–H groups in total. The van der Waals surface area contributed by atoms with Crippen LogP contribution in [0, 0.1) is 11.7 Å². The number of nitrogens with one attached hydrogen (secondary N) is 2. The molecule has 2 aromatic carbocycles. The highest BCUT2D eigenvalue weighted by Gasteiger charge is 2.30. The molecule has 1 saturated carbocycles. The molecule has 6 nitrogen and oxygen atoms in total. The molecule has 0 spiro atoms. The largest absolute Gasteiger partial charge is 0.492 e. The minimum Gasteiger partial charge on any atom is -0.492 e. The van der Waals surface area contributed by atoms with E-state index in [0.717, 1.165) is 76.5 Å². The fourth-order valence-corrected chi connectivity index (χ4v) is 6.86. The van der Waals surface area contributed by atoms with Gasteiger partial charge in [0.2, 0.25) is 0 Å². The summed E-state index contributed by atoms with van der Waals surface area (Å²) in [5.41, 5.74) is 7.25. The zero-order chi connectivity index (χ0) is 28.6. The van der Waals surface area contributed by atoms with Crippen LogP contribution in [-0.2, 0) is 13.0 Å². The Hall–Kier alpha value is -3.88. The number of pyridine rings is 1. The van der Waals surface area contributed by atoms with Crippen molar-refractivity contribution in [3.8, 4) is 28.3 Å². The maximum absolute atomic E-state index is 14.4. The first kappa shape index (κ1) is 27.0. The maximum Gasteiger partial charge on any atom is 0.131 e. The fourth-order valence-electron chi connectivity index (χ4n) is 5.96. The number of benzene rings is 2. The van der Waals surface area contributed by atoms with Crippen LogP contribution in [0.1, 0.15) is 49.4 Å². The number of hydrogen-bond acceptors (Lipinski definition) is 7. The minimum atomic E-state index is -0.325. The molecular weight excluding hydrogens is 545 g/mol. The molecule has 4 heterocycles. The van der Waals surface area contributed by atoms with Crippen molar-refractivity contribution in [3.63, 3.8) is 0 Å². The molecule has 0 amide bonds. The van der Waals surface area contributed by atoms with Gasteiger partial charge in [0, 0.05) is 40.9 Å². The summed E-state index contributed by atoms with van der Waals surface area (Å²) in [5.74, 6) is 1.89. The second-order valence-electron chi connectivity index (χ2n) is 11.7. The van der Waals surface area contributed by atoms with Crippen LogP contribution < -0.4 is 15.4 Å². The molecule has 42 heavy (non-hydrogen) atoms. The van der Waals surface area contributed by atoms with Gasteiger partial charge in [0.1, 0.15) is 28.8 Å². The maximum atomic E-state index is 14.4. The highest BCUT2D eigenvalue weighted by molar-refractivity contribution is 7.17. The quantitative estimate of drug-likeness (QED) is 0.197. The van der Waals surface area contributed by atoms with E-state index in [0.29, 0.717) is 30.2 Å². The Kier molecular flexibility index (Phi) is 7.34. The van der Waals surface area contributed by atoms with E-state index in [2.05, 4.69) is 66.3 Å². The van der Waals surface area contributed by atoms with Gasteiger partial charge in [-0.15, -0.1) is 21.5 Å². The van der Waals surface area contributed by atoms with Crippen LogP contribution in [0.5, 0.6) is 5.75 Å². The molecular formula is C34H34FN5OS. The SMILES string of the molecule is CC(C)c1cccc(NC2CC(COc3cc(F)ccc3-c3nnc(-c4ccc5c(c4)CCNC5)c4ccsc34)C2)n1. The monoisotopic (exact) mass is 579 g/mol. The van der Waals surface area contributed by atoms with Crippen molar-refractivity contribution in [2.24, 2.45) is 5.92 Å². The fraction of sp³-hybridized carbons (Fsp3) is 0.324. The van der Waals surface area contributed by atoms with Crippen molar-refractivity contribution < 1.29 is 9.13 Å². The molecule has 214 valence electrons. The number of rotatable bonds is 8. The molecule has 2 aliphatic rings. The van der Waals surface area contributed by atoms with Crippen LogP contribution >= 0.6 is 11.3 Å². The number of ether oxygens (including phenoxy) is 1. The van der Waals surface area contributed by atoms with E-state index in [1.807, 2.05) is 6.07 Å². The summed E-state index contributed by atoms with van der Waals surface area (Å²) in [7, 11) is 0. The molecule has 7 rings (SSSR count). The second-order valence-corrected chi connectivity index (χ2v) is 12.6. The Bertz CT molecular complexity index is 1750. The van der Waals surface area contributed by atoms with Crippen molar-refractivity contribution in [1.29, 1.82) is 0 Å². The van der Waals surface area contributed by atoms with E-state index in [1.165, 1.54) is 23.3 Å². The van der Waals surface area contributed by atoms with E-state index < -0.39 is 0 Å². The van der Waals surface area contributed by atoms with Crippen molar-refractivity contribution in [1.82, 2.24) is 20.5 Å². The van der Waals surface area contributed by atoms with E-state index in [9.17, 15) is 4.39 Å². The molecule has 5 aromatic rings. The van der Waals surface area contributed by atoms with Gasteiger partial charge in [-0.2, -0.15) is 0 Å². The molecule has 1 fully saturated rings. The molecule has 0 bridgehead atoms. The number of thiophene rings is 1. The van der Waals surface area contributed by atoms with Gasteiger partial charge in [-0.25, -0.2) is 9.37 Å². The summed E-state index contributed by atoms with van der Waals surface area (Å²) in [6.45, 7) is 6.73. The Morgan fingerprint density at radius 3 is 2.79 bits per heavy atom. The third-order valence-corrected chi connectivity index (χ3v) is 9.30. The van der Waals surface area contributed by atoms with Gasteiger partial charge in [0.15, 0.2) is 0 Å². The summed E-state index contributed by atoms with van der Waals surface area (Å²) >= 11 is 1.63. The number of fused-ring (bicyclic) bond motifs is 2. The number of nitrogens with zero attached hydrogens (tertiary/aromatic N) is 3. The number of halogens is 1. The zero-order valence-corrected chi connectivity index (χ0v) is 24.7. The van der Waals surface area contributed by atoms with Crippen molar-refractivity contribution >= 4 is 27.2 Å². The average molecular weight is 580 g/mol. The van der Waals surface area contributed by atoms with Gasteiger partial charge in [-0.3, -0.25) is 0 Å². The summed E-state index contributed by atoms with van der Waals surface area (Å²) in [5, 5.41) is 19.5. The van der Waals surface area contributed by atoms with Crippen LogP contribution in [-0.4, -0.2) is 34.4 Å². The summed E-state index contributed by atoms with van der Waals surface area (Å²) < 4.78 is 21.7. The van der Waals surface area contributed by atoms with Crippen LogP contribution in [0.15, 0.2) is 66.0 Å². The third-order valence-electron chi connectivity index (χ3n) is 8.37. The van der Waals surface area contributed by atoms with Crippen LogP contribution in [0.2, 0.25) is 0 Å². The van der Waals surface area contributed by atoms with Crippen molar-refractivity contribution in [2.75, 3.05) is 18.5 Å². The Balaban J connectivity index is 1.08. The molecule has 3 aromatic heterocycles. The first-order chi connectivity index (χ1) is 20.5. The predicted molar refractivity (Wildman–Crippen MR) is 168 cm³/mol. The van der Waals surface area contributed by atoms with Crippen molar-refractivity contribution in [2.45, 2.75) is 51.6 Å². The molecule has 8 heteroatoms. The van der Waals surface area contributed by atoms with Gasteiger partial charge in [-0.1, -0.05) is 32.0 Å². The second kappa shape index (κ2) is 11.4. The first-order valence-electron chi connectivity index (χ1n) is 14.7. The van der Waals surface area contributed by atoms with Gasteiger partial charge < -0.3 is 15.4 Å². The number of aromatic nitrogens is 3. The summed E-state index contributed by atoms with van der Waals surface area (Å²) in [6.07, 6.45) is 2.98. The third kappa shape index (κ3) is 5.37. The number of hydrogen-bond donors (Lipinski definition) is 2. The average Bonchev–Trinajstić information content (AvgIpc) is 3.48. The van der Waals surface area contributed by atoms with Gasteiger partial charge >= 0.3 is 0 Å². The van der Waals surface area contributed by atoms with Gasteiger partial charge in [-0.05, 0) is 90.5 Å². The lowest BCUT2D eigenvalue weighted by Gasteiger charge is -2.36. The lowest BCUT2D eigenvalue weighted by Crippen LogP contribution is -2.38. The van der Waals surface area contributed by atoms with E-state index in [4.69, 9.17) is 19.9 Å². The predicted octanol–water partition coefficient (Wildman–Crippen LogP) is 7.60. The molecule has 1 aliphatic carbocycles. The van der Waals surface area contributed by atoms with Gasteiger partial charge in [0.05, 0.1) is 11.3 Å². The van der Waals surface area contributed by atoms with Crippen LogP contribution in [0.4, 0.5) is 10.2 Å². The molecule has 0 atom stereocenters. The van der Waals surface area contributed by atoms with Crippen LogP contribution in [0.25, 0.3) is 32.6 Å². The zero-order valence-electron chi connectivity index (χ0n) is 23.9. The topological polar surface area (TPSA) is 72.0 Å². The molecule has 0 saturated heterocycles. The standard InChI is InChI=1S/C34H34FN5OS/c1-20(2)29-4-3-5-31(38-29)37-26-14-21(15-26)19-41-30-17-25(35)8-9-27(30)33-34-28(11-13-42-34)32(39-40-33)23-6-7-24-18-36-12-10-22(24)16-23/h3-9,11,13,16-17,20-21,26,36H,10,12,14-15,18-19H2,1-2H3,(H,37,38). The Morgan fingerprint density at radius 2 is 1.90 bits per heavy atom. The smallest absolute Gasteiger partial charge is 0.131 e. The highest BCUT2D eigenvalue weighted by Crippen LogP contribution is 2.40. The van der Waals surface area contributed by atoms with Gasteiger partial charge in [0.25, 0.3) is 0 Å². The van der Waals surface area contributed by atoms with Crippen molar-refractivity contribution in [3.05, 3.63) is 88.7 Å². The normalized spacial score (nSPS) is 18.1. The van der Waals surface area contributed by atoms with E-state index in [-0.39, 0.29) is 5.82 Å². The summed E-state index contributed by atoms with van der Waals surface area (Å²) in [4.78, 5) is 4.73. The molecule has 0 radical (unpaired) electrons. The molecule has 1 aliphatic heterocycles. The van der Waals surface area contributed by atoms with Crippen LogP contribution in [0.3, 0.4) is 0 Å². The number of anilines is 1. The lowest BCUT2D eigenvalue weighted by molar-refractivity contribution is 0.167. The molecule has 0 unspecified atom stereocenters. The highest BCUT2D eigenvalue weighted by atomic mass is 32.1.